The van der Waals surface area contributed by atoms with E-state index in [2.05, 4.69) is 24.0 Å². The Labute approximate surface area is 142 Å². The van der Waals surface area contributed by atoms with E-state index in [4.69, 9.17) is 10.00 Å². The summed E-state index contributed by atoms with van der Waals surface area (Å²) < 4.78 is 4.83. The van der Waals surface area contributed by atoms with E-state index >= 15 is 0 Å². The highest BCUT2D eigenvalue weighted by Gasteiger charge is 2.11. The van der Waals surface area contributed by atoms with E-state index in [0.717, 1.165) is 27.8 Å². The Morgan fingerprint density at radius 2 is 2.04 bits per heavy atom. The number of carbonyl (C=O) groups excluding carboxylic acids is 1. The first-order valence-electron chi connectivity index (χ1n) is 7.65. The standard InChI is InChI=1S/C20H20N2O2/c1-14(2)20-11-15(10-17(12-21)22-3)4-9-19(20)16-5-7-18(8-6-16)24-13-23/h4-9,11,13,17,22H,1,10H2,2-3H3/t17-/m0/s1. The maximum atomic E-state index is 10.4. The molecule has 0 spiro atoms. The van der Waals surface area contributed by atoms with Crippen LogP contribution in [-0.4, -0.2) is 19.6 Å². The highest BCUT2D eigenvalue weighted by atomic mass is 16.5. The first-order chi connectivity index (χ1) is 11.6. The fourth-order valence-electron chi connectivity index (χ4n) is 2.54. The molecule has 0 unspecified atom stereocenters. The number of nitrogens with one attached hydrogen (secondary N) is 1. The minimum absolute atomic E-state index is 0.214. The molecule has 0 aromatic heterocycles. The van der Waals surface area contributed by atoms with Crippen LogP contribution in [0.1, 0.15) is 18.1 Å². The van der Waals surface area contributed by atoms with Gasteiger partial charge in [-0.15, -0.1) is 0 Å². The zero-order chi connectivity index (χ0) is 17.5. The number of nitrogens with zero attached hydrogens (tertiary/aromatic N) is 1. The van der Waals surface area contributed by atoms with Gasteiger partial charge in [0.2, 0.25) is 0 Å². The molecule has 0 saturated carbocycles. The van der Waals surface area contributed by atoms with Crippen molar-refractivity contribution in [2.45, 2.75) is 19.4 Å². The quantitative estimate of drug-likeness (QED) is 0.792. The number of hydrogen-bond donors (Lipinski definition) is 1. The third-order valence-corrected chi connectivity index (χ3v) is 3.84. The molecule has 0 bridgehead atoms. The lowest BCUT2D eigenvalue weighted by molar-refractivity contribution is -0.120. The van der Waals surface area contributed by atoms with Crippen LogP contribution in [0.4, 0.5) is 0 Å². The van der Waals surface area contributed by atoms with Gasteiger partial charge in [-0.05, 0) is 48.4 Å². The van der Waals surface area contributed by atoms with Crippen LogP contribution in [0.2, 0.25) is 0 Å². The van der Waals surface area contributed by atoms with Crippen molar-refractivity contribution in [3.8, 4) is 22.9 Å². The summed E-state index contributed by atoms with van der Waals surface area (Å²) in [6.07, 6.45) is 0.639. The molecule has 1 N–H and O–H groups in total. The van der Waals surface area contributed by atoms with Crippen molar-refractivity contribution in [1.82, 2.24) is 5.32 Å². The smallest absolute Gasteiger partial charge is 0.298 e. The molecule has 0 radical (unpaired) electrons. The SMILES string of the molecule is C=C(C)c1cc(C[C@@H](C#N)NC)ccc1-c1ccc(OC=O)cc1. The molecule has 0 amide bonds. The molecule has 1 atom stereocenters. The zero-order valence-electron chi connectivity index (χ0n) is 13.9. The number of nitriles is 1. The van der Waals surface area contributed by atoms with Crippen molar-refractivity contribution in [2.75, 3.05) is 7.05 Å². The van der Waals surface area contributed by atoms with Gasteiger partial charge >= 0.3 is 0 Å². The molecule has 0 aliphatic rings. The number of ether oxygens (including phenoxy) is 1. The lowest BCUT2D eigenvalue weighted by atomic mass is 9.92. The highest BCUT2D eigenvalue weighted by Crippen LogP contribution is 2.30. The van der Waals surface area contributed by atoms with Crippen LogP contribution in [-0.2, 0) is 11.2 Å². The summed E-state index contributed by atoms with van der Waals surface area (Å²) in [6.45, 7) is 6.45. The molecule has 2 aromatic rings. The topological polar surface area (TPSA) is 62.1 Å². The minimum Gasteiger partial charge on any atom is -0.429 e. The van der Waals surface area contributed by atoms with Gasteiger partial charge in [-0.3, -0.25) is 4.79 Å². The van der Waals surface area contributed by atoms with Crippen molar-refractivity contribution in [3.63, 3.8) is 0 Å². The third-order valence-electron chi connectivity index (χ3n) is 3.84. The van der Waals surface area contributed by atoms with Gasteiger partial charge in [-0.1, -0.05) is 42.5 Å². The number of hydrogen-bond acceptors (Lipinski definition) is 4. The molecule has 2 rings (SSSR count). The molecule has 24 heavy (non-hydrogen) atoms. The first-order valence-corrected chi connectivity index (χ1v) is 7.65. The molecule has 0 saturated heterocycles. The van der Waals surface area contributed by atoms with Crippen LogP contribution in [0.15, 0.2) is 49.0 Å². The largest absolute Gasteiger partial charge is 0.429 e. The molecule has 122 valence electrons. The normalized spacial score (nSPS) is 11.4. The van der Waals surface area contributed by atoms with E-state index in [1.807, 2.05) is 31.2 Å². The summed E-state index contributed by atoms with van der Waals surface area (Å²) in [5.41, 5.74) is 5.16. The summed E-state index contributed by atoms with van der Waals surface area (Å²) in [4.78, 5) is 10.4. The Balaban J connectivity index is 2.38. The molecule has 0 aliphatic carbocycles. The molecule has 0 aliphatic heterocycles. The monoisotopic (exact) mass is 320 g/mol. The summed E-state index contributed by atoms with van der Waals surface area (Å²) in [5, 5.41) is 12.1. The number of likely N-dealkylation sites (N-methyl/N-ethyl adjacent to an activating group) is 1. The van der Waals surface area contributed by atoms with Crippen molar-refractivity contribution in [3.05, 3.63) is 60.2 Å². The second-order valence-corrected chi connectivity index (χ2v) is 5.57. The third kappa shape index (κ3) is 4.09. The summed E-state index contributed by atoms with van der Waals surface area (Å²) in [7, 11) is 1.78. The van der Waals surface area contributed by atoms with Crippen LogP contribution in [0.3, 0.4) is 0 Å². The second-order valence-electron chi connectivity index (χ2n) is 5.57. The van der Waals surface area contributed by atoms with E-state index in [9.17, 15) is 4.79 Å². The average molecular weight is 320 g/mol. The van der Waals surface area contributed by atoms with Gasteiger partial charge in [0.1, 0.15) is 5.75 Å². The van der Waals surface area contributed by atoms with Gasteiger partial charge in [-0.25, -0.2) is 0 Å². The van der Waals surface area contributed by atoms with E-state index in [1.54, 1.807) is 19.2 Å². The molecule has 2 aromatic carbocycles. The Morgan fingerprint density at radius 1 is 1.33 bits per heavy atom. The maximum Gasteiger partial charge on any atom is 0.298 e. The maximum absolute atomic E-state index is 10.4. The van der Waals surface area contributed by atoms with Crippen LogP contribution in [0, 0.1) is 11.3 Å². The van der Waals surface area contributed by atoms with Crippen LogP contribution >= 0.6 is 0 Å². The molecule has 0 heterocycles. The first kappa shape index (κ1) is 17.5. The van der Waals surface area contributed by atoms with E-state index in [-0.39, 0.29) is 6.04 Å². The van der Waals surface area contributed by atoms with Gasteiger partial charge in [0, 0.05) is 6.42 Å². The van der Waals surface area contributed by atoms with Crippen LogP contribution in [0.5, 0.6) is 5.75 Å². The number of benzene rings is 2. The summed E-state index contributed by atoms with van der Waals surface area (Å²) in [5.74, 6) is 0.508. The van der Waals surface area contributed by atoms with Crippen molar-refractivity contribution < 1.29 is 9.53 Å². The minimum atomic E-state index is -0.214. The number of rotatable bonds is 7. The summed E-state index contributed by atoms with van der Waals surface area (Å²) in [6, 6.07) is 15.5. The lowest BCUT2D eigenvalue weighted by Crippen LogP contribution is -2.25. The van der Waals surface area contributed by atoms with Gasteiger partial charge in [-0.2, -0.15) is 5.26 Å². The number of carbonyl (C=O) groups is 1. The zero-order valence-corrected chi connectivity index (χ0v) is 13.9. The molecule has 0 fully saturated rings. The predicted molar refractivity (Wildman–Crippen MR) is 95.4 cm³/mol. The van der Waals surface area contributed by atoms with E-state index in [0.29, 0.717) is 18.6 Å². The Kier molecular flexibility index (Phi) is 5.89. The predicted octanol–water partition coefficient (Wildman–Crippen LogP) is 3.58. The lowest BCUT2D eigenvalue weighted by Gasteiger charge is -2.14. The summed E-state index contributed by atoms with van der Waals surface area (Å²) >= 11 is 0. The van der Waals surface area contributed by atoms with E-state index < -0.39 is 0 Å². The van der Waals surface area contributed by atoms with Crippen molar-refractivity contribution >= 4 is 12.0 Å². The Bertz CT molecular complexity index is 773. The van der Waals surface area contributed by atoms with Gasteiger partial charge in [0.05, 0.1) is 12.1 Å². The van der Waals surface area contributed by atoms with Gasteiger partial charge in [0.25, 0.3) is 6.47 Å². The molecule has 4 heteroatoms. The second kappa shape index (κ2) is 8.09. The van der Waals surface area contributed by atoms with Gasteiger partial charge in [0.15, 0.2) is 0 Å². The van der Waals surface area contributed by atoms with E-state index in [1.165, 1.54) is 0 Å². The van der Waals surface area contributed by atoms with Crippen molar-refractivity contribution in [1.29, 1.82) is 5.26 Å². The van der Waals surface area contributed by atoms with Gasteiger partial charge < -0.3 is 10.1 Å². The molecular formula is C20H20N2O2. The fourth-order valence-corrected chi connectivity index (χ4v) is 2.54. The Hall–Kier alpha value is -2.90. The number of allylic oxidation sites excluding steroid dienone is 1. The molecular weight excluding hydrogens is 300 g/mol. The van der Waals surface area contributed by atoms with Crippen LogP contribution in [0.25, 0.3) is 16.7 Å². The van der Waals surface area contributed by atoms with Crippen LogP contribution < -0.4 is 10.1 Å². The average Bonchev–Trinajstić information content (AvgIpc) is 2.60. The van der Waals surface area contributed by atoms with Crippen molar-refractivity contribution in [2.24, 2.45) is 0 Å². The fraction of sp³-hybridized carbons (Fsp3) is 0.200. The highest BCUT2D eigenvalue weighted by molar-refractivity contribution is 5.80. The Morgan fingerprint density at radius 3 is 2.58 bits per heavy atom. The molecule has 4 nitrogen and oxygen atoms in total.